The van der Waals surface area contributed by atoms with E-state index in [4.69, 9.17) is 21.1 Å². The molecule has 0 radical (unpaired) electrons. The molecule has 7 heteroatoms. The van der Waals surface area contributed by atoms with Crippen LogP contribution in [0.3, 0.4) is 0 Å². The lowest BCUT2D eigenvalue weighted by Crippen LogP contribution is -2.41. The van der Waals surface area contributed by atoms with Gasteiger partial charge in [0, 0.05) is 23.3 Å². The zero-order chi connectivity index (χ0) is 25.6. The Morgan fingerprint density at radius 1 is 0.811 bits per heavy atom. The predicted molar refractivity (Wildman–Crippen MR) is 143 cm³/mol. The molecule has 0 bridgehead atoms. The van der Waals surface area contributed by atoms with E-state index in [2.05, 4.69) is 5.32 Å². The van der Waals surface area contributed by atoms with Gasteiger partial charge in [0.1, 0.15) is 6.04 Å². The summed E-state index contributed by atoms with van der Waals surface area (Å²) in [7, 11) is 0. The number of rotatable bonds is 8. The number of halogens is 1. The molecule has 0 spiro atoms. The van der Waals surface area contributed by atoms with E-state index in [0.29, 0.717) is 27.8 Å². The molecule has 4 aromatic carbocycles. The van der Waals surface area contributed by atoms with Crippen molar-refractivity contribution in [1.82, 2.24) is 4.90 Å². The van der Waals surface area contributed by atoms with Gasteiger partial charge in [0.25, 0.3) is 5.91 Å². The summed E-state index contributed by atoms with van der Waals surface area (Å²) in [6.45, 7) is 0.374. The molecule has 1 aliphatic heterocycles. The molecule has 186 valence electrons. The highest BCUT2D eigenvalue weighted by Gasteiger charge is 2.32. The number of nitrogens with zero attached hydrogens (tertiary/aromatic N) is 1. The van der Waals surface area contributed by atoms with Gasteiger partial charge >= 0.3 is 0 Å². The van der Waals surface area contributed by atoms with Crippen molar-refractivity contribution < 1.29 is 19.1 Å². The second-order valence-corrected chi connectivity index (χ2v) is 9.12. The number of benzene rings is 4. The molecule has 1 aliphatic rings. The molecule has 0 saturated heterocycles. The van der Waals surface area contributed by atoms with Crippen molar-refractivity contribution >= 4 is 29.1 Å². The first-order chi connectivity index (χ1) is 18.1. The van der Waals surface area contributed by atoms with Gasteiger partial charge in [-0.05, 0) is 41.0 Å². The van der Waals surface area contributed by atoms with Crippen LogP contribution in [0.2, 0.25) is 5.02 Å². The lowest BCUT2D eigenvalue weighted by Gasteiger charge is -2.32. The molecule has 4 aromatic rings. The summed E-state index contributed by atoms with van der Waals surface area (Å²) in [6, 6.07) is 30.5. The number of hydrogen-bond acceptors (Lipinski definition) is 4. The van der Waals surface area contributed by atoms with Gasteiger partial charge in [-0.3, -0.25) is 9.59 Å². The maximum absolute atomic E-state index is 13.9. The van der Waals surface area contributed by atoms with Crippen LogP contribution in [-0.2, 0) is 22.6 Å². The van der Waals surface area contributed by atoms with Crippen LogP contribution in [0.1, 0.15) is 22.7 Å². The maximum Gasteiger partial charge on any atom is 0.251 e. The molecular formula is C30H25ClN2O4. The standard InChI is InChI=1S/C30H25ClN2O4/c31-24-13-11-22(12-14-24)19-33(28(34)17-21-7-3-1-4-8-21)29(23-9-5-2-6-10-23)30(35)32-25-15-16-26-27(18-25)37-20-36-26/h1-16,18,29H,17,19-20H2,(H,32,35). The molecular weight excluding hydrogens is 488 g/mol. The smallest absolute Gasteiger partial charge is 0.251 e. The van der Waals surface area contributed by atoms with E-state index in [-0.39, 0.29) is 31.6 Å². The number of nitrogens with one attached hydrogen (secondary N) is 1. The van der Waals surface area contributed by atoms with Crippen LogP contribution in [0.25, 0.3) is 0 Å². The molecule has 5 rings (SSSR count). The second kappa shape index (κ2) is 11.2. The summed E-state index contributed by atoms with van der Waals surface area (Å²) in [5, 5.41) is 3.58. The van der Waals surface area contributed by atoms with Crippen LogP contribution in [0.4, 0.5) is 5.69 Å². The molecule has 1 atom stereocenters. The van der Waals surface area contributed by atoms with E-state index in [1.807, 2.05) is 72.8 Å². The van der Waals surface area contributed by atoms with Crippen LogP contribution in [-0.4, -0.2) is 23.5 Å². The highest BCUT2D eigenvalue weighted by molar-refractivity contribution is 6.30. The SMILES string of the molecule is O=C(Nc1ccc2c(c1)OCO2)C(c1ccccc1)N(Cc1ccc(Cl)cc1)C(=O)Cc1ccccc1. The Hall–Kier alpha value is -4.29. The van der Waals surface area contributed by atoms with Crippen molar-refractivity contribution in [2.45, 2.75) is 19.0 Å². The third kappa shape index (κ3) is 5.93. The number of ether oxygens (including phenoxy) is 2. The van der Waals surface area contributed by atoms with Gasteiger partial charge in [-0.2, -0.15) is 0 Å². The summed E-state index contributed by atoms with van der Waals surface area (Å²) in [4.78, 5) is 29.3. The Balaban J connectivity index is 1.50. The molecule has 1 heterocycles. The van der Waals surface area contributed by atoms with Crippen molar-refractivity contribution in [3.63, 3.8) is 0 Å². The molecule has 1 unspecified atom stereocenters. The van der Waals surface area contributed by atoms with Crippen LogP contribution >= 0.6 is 11.6 Å². The third-order valence-corrected chi connectivity index (χ3v) is 6.35. The normalized spacial score (nSPS) is 12.6. The summed E-state index contributed by atoms with van der Waals surface area (Å²) in [5.74, 6) is 0.684. The predicted octanol–water partition coefficient (Wildman–Crippen LogP) is 6.02. The van der Waals surface area contributed by atoms with Gasteiger partial charge in [0.15, 0.2) is 11.5 Å². The van der Waals surface area contributed by atoms with Crippen LogP contribution in [0, 0.1) is 0 Å². The van der Waals surface area contributed by atoms with Crippen molar-refractivity contribution in [3.8, 4) is 11.5 Å². The number of amides is 2. The first kappa shape index (κ1) is 24.4. The van der Waals surface area contributed by atoms with Gasteiger partial charge in [-0.25, -0.2) is 0 Å². The number of hydrogen-bond donors (Lipinski definition) is 1. The molecule has 2 amide bonds. The van der Waals surface area contributed by atoms with Crippen molar-refractivity contribution in [3.05, 3.63) is 125 Å². The lowest BCUT2D eigenvalue weighted by molar-refractivity contribution is -0.139. The van der Waals surface area contributed by atoms with Crippen molar-refractivity contribution in [2.75, 3.05) is 12.1 Å². The van der Waals surface area contributed by atoms with Crippen LogP contribution < -0.4 is 14.8 Å². The largest absolute Gasteiger partial charge is 0.454 e. The molecule has 0 aliphatic carbocycles. The van der Waals surface area contributed by atoms with E-state index < -0.39 is 6.04 Å². The zero-order valence-corrected chi connectivity index (χ0v) is 20.7. The fourth-order valence-corrected chi connectivity index (χ4v) is 4.40. The minimum absolute atomic E-state index is 0.141. The van der Waals surface area contributed by atoms with Crippen molar-refractivity contribution in [1.29, 1.82) is 0 Å². The Kier molecular flexibility index (Phi) is 7.38. The molecule has 0 aromatic heterocycles. The molecule has 37 heavy (non-hydrogen) atoms. The first-order valence-corrected chi connectivity index (χ1v) is 12.3. The Morgan fingerprint density at radius 3 is 2.22 bits per heavy atom. The van der Waals surface area contributed by atoms with Gasteiger partial charge in [0.2, 0.25) is 12.7 Å². The lowest BCUT2D eigenvalue weighted by atomic mass is 10.0. The minimum Gasteiger partial charge on any atom is -0.454 e. The molecule has 6 nitrogen and oxygen atoms in total. The van der Waals surface area contributed by atoms with Crippen LogP contribution in [0.15, 0.2) is 103 Å². The average Bonchev–Trinajstić information content (AvgIpc) is 3.39. The first-order valence-electron chi connectivity index (χ1n) is 11.9. The van der Waals surface area contributed by atoms with E-state index in [1.165, 1.54) is 0 Å². The van der Waals surface area contributed by atoms with Gasteiger partial charge < -0.3 is 19.7 Å². The number of anilines is 1. The van der Waals surface area contributed by atoms with E-state index in [1.54, 1.807) is 35.2 Å². The van der Waals surface area contributed by atoms with E-state index in [0.717, 1.165) is 11.1 Å². The highest BCUT2D eigenvalue weighted by Crippen LogP contribution is 2.35. The van der Waals surface area contributed by atoms with E-state index >= 15 is 0 Å². The summed E-state index contributed by atoms with van der Waals surface area (Å²) < 4.78 is 10.8. The number of carbonyl (C=O) groups excluding carboxylic acids is 2. The topological polar surface area (TPSA) is 67.9 Å². The second-order valence-electron chi connectivity index (χ2n) is 8.68. The van der Waals surface area contributed by atoms with Gasteiger partial charge in [-0.15, -0.1) is 0 Å². The minimum atomic E-state index is -0.876. The summed E-state index contributed by atoms with van der Waals surface area (Å²) >= 11 is 6.09. The molecule has 1 N–H and O–H groups in total. The number of fused-ring (bicyclic) bond motifs is 1. The summed E-state index contributed by atoms with van der Waals surface area (Å²) in [6.07, 6.45) is 0.162. The zero-order valence-electron chi connectivity index (χ0n) is 20.0. The monoisotopic (exact) mass is 512 g/mol. The Bertz CT molecular complexity index is 1380. The fraction of sp³-hybridized carbons (Fsp3) is 0.133. The number of carbonyl (C=O) groups is 2. The quantitative estimate of drug-likeness (QED) is 0.313. The Morgan fingerprint density at radius 2 is 1.49 bits per heavy atom. The fourth-order valence-electron chi connectivity index (χ4n) is 4.28. The maximum atomic E-state index is 13.9. The van der Waals surface area contributed by atoms with Gasteiger partial charge in [0.05, 0.1) is 6.42 Å². The van der Waals surface area contributed by atoms with E-state index in [9.17, 15) is 9.59 Å². The van der Waals surface area contributed by atoms with Crippen LogP contribution in [0.5, 0.6) is 11.5 Å². The average molecular weight is 513 g/mol. The third-order valence-electron chi connectivity index (χ3n) is 6.10. The molecule has 0 fully saturated rings. The summed E-state index contributed by atoms with van der Waals surface area (Å²) in [5.41, 5.74) is 2.99. The van der Waals surface area contributed by atoms with Crippen molar-refractivity contribution in [2.24, 2.45) is 0 Å². The Labute approximate surface area is 220 Å². The molecule has 0 saturated carbocycles. The van der Waals surface area contributed by atoms with Gasteiger partial charge in [-0.1, -0.05) is 84.4 Å². The highest BCUT2D eigenvalue weighted by atomic mass is 35.5.